The number of benzene rings is 2. The summed E-state index contributed by atoms with van der Waals surface area (Å²) >= 11 is 0. The third-order valence-corrected chi connectivity index (χ3v) is 7.91. The third-order valence-electron chi connectivity index (χ3n) is 7.91. The first-order chi connectivity index (χ1) is 23.1. The molecule has 0 spiro atoms. The van der Waals surface area contributed by atoms with E-state index in [4.69, 9.17) is 14.2 Å². The molecule has 50 heavy (non-hydrogen) atoms. The van der Waals surface area contributed by atoms with Gasteiger partial charge in [0.25, 0.3) is 0 Å². The minimum Gasteiger partial charge on any atom is -0.461 e. The van der Waals surface area contributed by atoms with Crippen molar-refractivity contribution in [2.75, 3.05) is 0 Å². The predicted octanol–water partition coefficient (Wildman–Crippen LogP) is 6.78. The lowest BCUT2D eigenvalue weighted by Crippen LogP contribution is -2.56. The van der Waals surface area contributed by atoms with Gasteiger partial charge in [-0.25, -0.2) is 14.4 Å². The first kappa shape index (κ1) is 41.8. The van der Waals surface area contributed by atoms with E-state index >= 15 is 0 Å². The number of carbonyl (C=O) groups is 5. The summed E-state index contributed by atoms with van der Waals surface area (Å²) in [6.45, 7) is 21.5. The van der Waals surface area contributed by atoms with Crippen LogP contribution in [-0.2, 0) is 28.6 Å². The minimum atomic E-state index is -0.990. The van der Waals surface area contributed by atoms with Gasteiger partial charge in [0.1, 0.15) is 29.1 Å². The zero-order chi connectivity index (χ0) is 38.0. The number of piperidine rings is 1. The van der Waals surface area contributed by atoms with E-state index in [1.54, 1.807) is 55.4 Å². The highest BCUT2D eigenvalue weighted by molar-refractivity contribution is 5.87. The lowest BCUT2D eigenvalue weighted by Gasteiger charge is -2.36. The Morgan fingerprint density at radius 2 is 1.40 bits per heavy atom. The molecule has 5 atom stereocenters. The molecule has 0 bridgehead atoms. The van der Waals surface area contributed by atoms with E-state index in [0.717, 1.165) is 11.1 Å². The summed E-state index contributed by atoms with van der Waals surface area (Å²) < 4.78 is 15.8. The van der Waals surface area contributed by atoms with Gasteiger partial charge in [-0.15, -0.1) is 0 Å². The van der Waals surface area contributed by atoms with E-state index in [1.165, 1.54) is 18.1 Å². The molecule has 0 radical (unpaired) electrons. The quantitative estimate of drug-likeness (QED) is 0.192. The molecule has 11 heteroatoms. The van der Waals surface area contributed by atoms with Gasteiger partial charge in [0.05, 0.1) is 6.10 Å². The van der Waals surface area contributed by atoms with E-state index in [0.29, 0.717) is 6.42 Å². The molecule has 1 fully saturated rings. The zero-order valence-electron chi connectivity index (χ0n) is 31.8. The number of ether oxygens (including phenoxy) is 3. The summed E-state index contributed by atoms with van der Waals surface area (Å²) in [5.74, 6) is -1.21. The Balaban J connectivity index is 0.000000351. The number of ketones is 1. The molecular formula is C39H57N3O8. The van der Waals surface area contributed by atoms with Crippen molar-refractivity contribution >= 4 is 29.8 Å². The Hall–Kier alpha value is -4.41. The van der Waals surface area contributed by atoms with Crippen molar-refractivity contribution in [3.05, 3.63) is 70.8 Å². The van der Waals surface area contributed by atoms with Crippen LogP contribution < -0.4 is 16.0 Å². The number of nitrogens with one attached hydrogen (secondary N) is 3. The van der Waals surface area contributed by atoms with Crippen LogP contribution in [0.4, 0.5) is 9.59 Å². The number of carbonyl (C=O) groups excluding carboxylic acids is 5. The first-order valence-electron chi connectivity index (χ1n) is 17.2. The van der Waals surface area contributed by atoms with Crippen molar-refractivity contribution in [3.8, 4) is 0 Å². The maximum Gasteiger partial charge on any atom is 0.408 e. The first-order valence-corrected chi connectivity index (χ1v) is 17.2. The number of amides is 3. The molecule has 3 unspecified atom stereocenters. The summed E-state index contributed by atoms with van der Waals surface area (Å²) in [4.78, 5) is 61.1. The molecule has 2 aromatic rings. The van der Waals surface area contributed by atoms with Gasteiger partial charge in [-0.2, -0.15) is 0 Å². The highest BCUT2D eigenvalue weighted by atomic mass is 16.6. The second kappa shape index (κ2) is 18.0. The van der Waals surface area contributed by atoms with Crippen LogP contribution in [-0.4, -0.2) is 65.3 Å². The van der Waals surface area contributed by atoms with E-state index in [2.05, 4.69) is 35.0 Å². The molecule has 2 aromatic carbocycles. The molecular weight excluding hydrogens is 638 g/mol. The summed E-state index contributed by atoms with van der Waals surface area (Å²) in [5, 5.41) is 8.22. The summed E-state index contributed by atoms with van der Waals surface area (Å²) in [5.41, 5.74) is 2.89. The topological polar surface area (TPSA) is 149 Å². The van der Waals surface area contributed by atoms with Crippen molar-refractivity contribution < 1.29 is 38.2 Å². The van der Waals surface area contributed by atoms with Gasteiger partial charge in [-0.3, -0.25) is 9.59 Å². The van der Waals surface area contributed by atoms with Gasteiger partial charge in [0.15, 0.2) is 0 Å². The maximum atomic E-state index is 12.5. The van der Waals surface area contributed by atoms with Crippen LogP contribution in [0.2, 0.25) is 0 Å². The van der Waals surface area contributed by atoms with Crippen molar-refractivity contribution in [1.29, 1.82) is 0 Å². The largest absolute Gasteiger partial charge is 0.461 e. The fraction of sp³-hybridized carbons (Fsp3) is 0.564. The molecule has 1 heterocycles. The van der Waals surface area contributed by atoms with Gasteiger partial charge in [0, 0.05) is 17.9 Å². The van der Waals surface area contributed by atoms with Crippen LogP contribution in [0.15, 0.2) is 48.5 Å². The Morgan fingerprint density at radius 3 is 1.92 bits per heavy atom. The van der Waals surface area contributed by atoms with Crippen molar-refractivity contribution in [2.45, 2.75) is 143 Å². The number of esters is 1. The molecule has 0 aliphatic carbocycles. The Bertz CT molecular complexity index is 1490. The SMILES string of the molecule is CC(=O)C(CC(NC(=O)OC(C)(C)C)C(=O)OC(C)C)c1ccccc1C.Cc1ccccc1[C@@H]1CC(NC(=O)OC(C)(C)C)C(=O)N[C@@H]1C. The highest BCUT2D eigenvalue weighted by Crippen LogP contribution is 2.31. The second-order valence-electron chi connectivity index (χ2n) is 15.1. The van der Waals surface area contributed by atoms with E-state index < -0.39 is 47.4 Å². The van der Waals surface area contributed by atoms with Crippen LogP contribution in [0.5, 0.6) is 0 Å². The zero-order valence-corrected chi connectivity index (χ0v) is 31.8. The molecule has 0 saturated carbocycles. The van der Waals surface area contributed by atoms with Crippen LogP contribution in [0, 0.1) is 13.8 Å². The number of hydrogen-bond acceptors (Lipinski definition) is 8. The van der Waals surface area contributed by atoms with E-state index in [9.17, 15) is 24.0 Å². The molecule has 3 amide bonds. The standard InChI is InChI=1S/C21H31NO5.C18H26N2O3/c1-13(2)26-19(24)18(22-20(25)27-21(5,6)7)12-17(15(4)23)16-11-9-8-10-14(16)3;1-11-8-6-7-9-13(11)14-10-15(16(21)19-12(14)2)20-17(22)23-18(3,4)5/h8-11,13,17-18H,12H2,1-7H3,(H,22,25);6-9,12,14-15H,10H2,1-5H3,(H,19,21)(H,20,22)/t;12-,14-,15?/m.1/s1. The number of aryl methyl sites for hydroxylation is 2. The average Bonchev–Trinajstić information content (AvgIpc) is 2.95. The monoisotopic (exact) mass is 695 g/mol. The van der Waals surface area contributed by atoms with Gasteiger partial charge in [-0.05, 0) is 118 Å². The summed E-state index contributed by atoms with van der Waals surface area (Å²) in [6, 6.07) is 14.1. The van der Waals surface area contributed by atoms with Gasteiger partial charge in [-0.1, -0.05) is 48.5 Å². The molecule has 11 nitrogen and oxygen atoms in total. The summed E-state index contributed by atoms with van der Waals surface area (Å²) in [6.07, 6.45) is -0.951. The fourth-order valence-corrected chi connectivity index (χ4v) is 5.67. The second-order valence-corrected chi connectivity index (χ2v) is 15.1. The van der Waals surface area contributed by atoms with Crippen LogP contribution in [0.1, 0.15) is 116 Å². The molecule has 3 rings (SSSR count). The molecule has 1 aliphatic heterocycles. The molecule has 3 N–H and O–H groups in total. The van der Waals surface area contributed by atoms with Gasteiger partial charge < -0.3 is 30.2 Å². The Labute approximate surface area is 297 Å². The Kier molecular flexibility index (Phi) is 15.0. The average molecular weight is 696 g/mol. The van der Waals surface area contributed by atoms with Crippen LogP contribution >= 0.6 is 0 Å². The van der Waals surface area contributed by atoms with Crippen molar-refractivity contribution in [3.63, 3.8) is 0 Å². The Morgan fingerprint density at radius 1 is 0.860 bits per heavy atom. The van der Waals surface area contributed by atoms with Crippen LogP contribution in [0.25, 0.3) is 0 Å². The number of rotatable bonds is 9. The van der Waals surface area contributed by atoms with Crippen molar-refractivity contribution in [2.24, 2.45) is 0 Å². The third kappa shape index (κ3) is 13.8. The van der Waals surface area contributed by atoms with Crippen LogP contribution in [0.3, 0.4) is 0 Å². The number of hydrogen-bond donors (Lipinski definition) is 3. The number of alkyl carbamates (subject to hydrolysis) is 2. The summed E-state index contributed by atoms with van der Waals surface area (Å²) in [7, 11) is 0. The smallest absolute Gasteiger partial charge is 0.408 e. The van der Waals surface area contributed by atoms with Gasteiger partial charge in [0.2, 0.25) is 5.91 Å². The van der Waals surface area contributed by atoms with Gasteiger partial charge >= 0.3 is 18.2 Å². The lowest BCUT2D eigenvalue weighted by atomic mass is 9.81. The highest BCUT2D eigenvalue weighted by Gasteiger charge is 2.36. The molecule has 276 valence electrons. The van der Waals surface area contributed by atoms with E-state index in [-0.39, 0.29) is 36.2 Å². The normalized spacial score (nSPS) is 18.7. The molecule has 0 aromatic heterocycles. The number of Topliss-reactive ketones (excluding diaryl/α,β-unsaturated/α-hetero) is 1. The maximum absolute atomic E-state index is 12.5. The minimum absolute atomic E-state index is 0.0280. The fourth-order valence-electron chi connectivity index (χ4n) is 5.67. The van der Waals surface area contributed by atoms with Crippen molar-refractivity contribution in [1.82, 2.24) is 16.0 Å². The molecule has 1 aliphatic rings. The predicted molar refractivity (Wildman–Crippen MR) is 193 cm³/mol. The van der Waals surface area contributed by atoms with E-state index in [1.807, 2.05) is 50.2 Å². The lowest BCUT2D eigenvalue weighted by molar-refractivity contribution is -0.150. The molecule has 1 saturated heterocycles.